The minimum Gasteiger partial charge on any atom is -0.377 e. The average molecular weight is 316 g/mol. The molecule has 3 aromatic rings. The Bertz CT molecular complexity index is 726. The maximum absolute atomic E-state index is 5.01. The second kappa shape index (κ2) is 6.63. The van der Waals surface area contributed by atoms with Gasteiger partial charge in [-0.05, 0) is 19.1 Å². The fraction of sp³-hybridized carbons (Fsp3) is 0.286. The van der Waals surface area contributed by atoms with Gasteiger partial charge in [0.15, 0.2) is 5.82 Å². The normalized spacial score (nSPS) is 12.3. The highest BCUT2D eigenvalue weighted by molar-refractivity contribution is 7.09. The smallest absolute Gasteiger partial charge is 0.203 e. The molecule has 3 rings (SSSR count). The Morgan fingerprint density at radius 2 is 2.14 bits per heavy atom. The molecule has 0 radical (unpaired) electrons. The maximum Gasteiger partial charge on any atom is 0.203 e. The zero-order valence-corrected chi connectivity index (χ0v) is 13.1. The molecule has 7 nitrogen and oxygen atoms in total. The van der Waals surface area contributed by atoms with Gasteiger partial charge in [0.1, 0.15) is 12.3 Å². The molecule has 1 unspecified atom stereocenters. The molecule has 0 aliphatic carbocycles. The second-order valence-electron chi connectivity index (χ2n) is 4.74. The number of nitrogens with one attached hydrogen (secondary N) is 1. The Hall–Kier alpha value is -2.32. The summed E-state index contributed by atoms with van der Waals surface area (Å²) in [6, 6.07) is 9.86. The number of ether oxygens (including phenoxy) is 1. The molecule has 2 heterocycles. The zero-order valence-electron chi connectivity index (χ0n) is 12.3. The largest absolute Gasteiger partial charge is 0.377 e. The van der Waals surface area contributed by atoms with Gasteiger partial charge < -0.3 is 10.1 Å². The van der Waals surface area contributed by atoms with Crippen LogP contribution in [0.2, 0.25) is 0 Å². The summed E-state index contributed by atoms with van der Waals surface area (Å²) in [5, 5.41) is 12.4. The van der Waals surface area contributed by atoms with Gasteiger partial charge in [-0.1, -0.05) is 23.4 Å². The number of aromatic nitrogens is 5. The van der Waals surface area contributed by atoms with Gasteiger partial charge in [-0.15, -0.1) is 5.10 Å². The lowest BCUT2D eigenvalue weighted by molar-refractivity contribution is 0.179. The monoisotopic (exact) mass is 316 g/mol. The van der Waals surface area contributed by atoms with Crippen molar-refractivity contribution in [3.8, 4) is 5.69 Å². The first-order valence-electron chi connectivity index (χ1n) is 6.82. The molecule has 1 aromatic carbocycles. The first kappa shape index (κ1) is 14.6. The summed E-state index contributed by atoms with van der Waals surface area (Å²) in [5.41, 5.74) is 1.82. The van der Waals surface area contributed by atoms with E-state index in [9.17, 15) is 0 Å². The number of para-hydroxylation sites is 1. The van der Waals surface area contributed by atoms with Crippen LogP contribution in [0.1, 0.15) is 24.5 Å². The van der Waals surface area contributed by atoms with Crippen molar-refractivity contribution < 1.29 is 4.74 Å². The van der Waals surface area contributed by atoms with E-state index in [2.05, 4.69) is 25.0 Å². The van der Waals surface area contributed by atoms with E-state index in [1.54, 1.807) is 11.8 Å². The summed E-state index contributed by atoms with van der Waals surface area (Å²) in [6.07, 6.45) is 1.91. The molecular weight excluding hydrogens is 300 g/mol. The molecule has 0 saturated carbocycles. The predicted molar refractivity (Wildman–Crippen MR) is 84.0 cm³/mol. The lowest BCUT2D eigenvalue weighted by Crippen LogP contribution is -2.07. The van der Waals surface area contributed by atoms with Gasteiger partial charge in [-0.25, -0.2) is 9.67 Å². The van der Waals surface area contributed by atoms with Gasteiger partial charge in [-0.3, -0.25) is 0 Å². The van der Waals surface area contributed by atoms with Crippen LogP contribution in [0.15, 0.2) is 36.5 Å². The number of methoxy groups -OCH3 is 1. The van der Waals surface area contributed by atoms with Gasteiger partial charge >= 0.3 is 0 Å². The fourth-order valence-electron chi connectivity index (χ4n) is 1.94. The summed E-state index contributed by atoms with van der Waals surface area (Å²) in [5.74, 6) is 0.676. The second-order valence-corrected chi connectivity index (χ2v) is 5.49. The van der Waals surface area contributed by atoms with Crippen molar-refractivity contribution >= 4 is 16.7 Å². The van der Waals surface area contributed by atoms with Crippen molar-refractivity contribution in [2.45, 2.75) is 19.6 Å². The molecule has 0 spiro atoms. The number of nitrogens with zero attached hydrogens (tertiary/aromatic N) is 5. The third kappa shape index (κ3) is 3.29. The van der Waals surface area contributed by atoms with Crippen LogP contribution in [0.25, 0.3) is 5.69 Å². The Morgan fingerprint density at radius 1 is 1.32 bits per heavy atom. The van der Waals surface area contributed by atoms with Crippen molar-refractivity contribution in [1.82, 2.24) is 24.4 Å². The predicted octanol–water partition coefficient (Wildman–Crippen LogP) is 2.44. The van der Waals surface area contributed by atoms with Crippen LogP contribution in [-0.4, -0.2) is 31.5 Å². The Kier molecular flexibility index (Phi) is 4.40. The summed E-state index contributed by atoms with van der Waals surface area (Å²) in [6.45, 7) is 2.42. The van der Waals surface area contributed by atoms with Crippen LogP contribution < -0.4 is 5.32 Å². The van der Waals surface area contributed by atoms with Gasteiger partial charge in [0.05, 0.1) is 17.9 Å². The van der Waals surface area contributed by atoms with Crippen LogP contribution in [0.3, 0.4) is 0 Å². The van der Waals surface area contributed by atoms with Gasteiger partial charge in [0, 0.05) is 18.6 Å². The minimum atomic E-state index is -0.0131. The van der Waals surface area contributed by atoms with E-state index >= 15 is 0 Å². The number of benzene rings is 1. The van der Waals surface area contributed by atoms with Crippen molar-refractivity contribution in [2.24, 2.45) is 0 Å². The van der Waals surface area contributed by atoms with E-state index in [0.29, 0.717) is 12.4 Å². The molecule has 2 aromatic heterocycles. The summed E-state index contributed by atoms with van der Waals surface area (Å²) >= 11 is 1.31. The molecule has 22 heavy (non-hydrogen) atoms. The van der Waals surface area contributed by atoms with Crippen LogP contribution >= 0.6 is 11.5 Å². The highest BCUT2D eigenvalue weighted by Crippen LogP contribution is 2.20. The van der Waals surface area contributed by atoms with Crippen molar-refractivity contribution in [2.75, 3.05) is 12.4 Å². The summed E-state index contributed by atoms with van der Waals surface area (Å²) in [7, 11) is 1.62. The molecule has 0 fully saturated rings. The summed E-state index contributed by atoms with van der Waals surface area (Å²) < 4.78 is 11.0. The number of anilines is 1. The molecule has 0 aliphatic rings. The van der Waals surface area contributed by atoms with Crippen LogP contribution in [-0.2, 0) is 11.3 Å². The van der Waals surface area contributed by atoms with E-state index in [0.717, 1.165) is 16.5 Å². The number of hydrogen-bond donors (Lipinski definition) is 1. The molecule has 0 amide bonds. The van der Waals surface area contributed by atoms with Crippen molar-refractivity contribution in [1.29, 1.82) is 0 Å². The quantitative estimate of drug-likeness (QED) is 0.752. The van der Waals surface area contributed by atoms with Crippen molar-refractivity contribution in [3.63, 3.8) is 0 Å². The lowest BCUT2D eigenvalue weighted by atomic mass is 10.2. The molecule has 1 N–H and O–H groups in total. The van der Waals surface area contributed by atoms with E-state index in [4.69, 9.17) is 4.74 Å². The molecule has 0 bridgehead atoms. The molecule has 0 aliphatic heterocycles. The van der Waals surface area contributed by atoms with Crippen LogP contribution in [0, 0.1) is 0 Å². The fourth-order valence-corrected chi connectivity index (χ4v) is 2.60. The standard InChI is InChI=1S/C14H16N6OS/c1-10(15-14-16-13(9-21-2)18-22-14)12-8-20(19-17-12)11-6-4-3-5-7-11/h3-8,10H,9H2,1-2H3,(H,15,16,18). The van der Waals surface area contributed by atoms with Crippen LogP contribution in [0.4, 0.5) is 5.13 Å². The first-order valence-corrected chi connectivity index (χ1v) is 7.59. The van der Waals surface area contributed by atoms with Gasteiger partial charge in [-0.2, -0.15) is 4.37 Å². The SMILES string of the molecule is COCc1nsc(NC(C)c2cn(-c3ccccc3)nn2)n1. The topological polar surface area (TPSA) is 77.8 Å². The maximum atomic E-state index is 5.01. The number of rotatable bonds is 6. The highest BCUT2D eigenvalue weighted by atomic mass is 32.1. The molecule has 1 atom stereocenters. The van der Waals surface area contributed by atoms with Gasteiger partial charge in [0.2, 0.25) is 5.13 Å². The van der Waals surface area contributed by atoms with Crippen LogP contribution in [0.5, 0.6) is 0 Å². The molecule has 114 valence electrons. The molecule has 0 saturated heterocycles. The minimum absolute atomic E-state index is 0.0131. The van der Waals surface area contributed by atoms with Gasteiger partial charge in [0.25, 0.3) is 0 Å². The number of hydrogen-bond acceptors (Lipinski definition) is 7. The van der Waals surface area contributed by atoms with E-state index in [-0.39, 0.29) is 6.04 Å². The Labute approximate surface area is 132 Å². The third-order valence-corrected chi connectivity index (χ3v) is 3.74. The summed E-state index contributed by atoms with van der Waals surface area (Å²) in [4.78, 5) is 4.35. The first-order chi connectivity index (χ1) is 10.8. The van der Waals surface area contributed by atoms with E-state index < -0.39 is 0 Å². The van der Waals surface area contributed by atoms with E-state index in [1.807, 2.05) is 43.5 Å². The Balaban J connectivity index is 1.70. The molecular formula is C14H16N6OS. The third-order valence-electron chi connectivity index (χ3n) is 3.06. The average Bonchev–Trinajstić information content (AvgIpc) is 3.18. The zero-order chi connectivity index (χ0) is 15.4. The lowest BCUT2D eigenvalue weighted by Gasteiger charge is -2.08. The Morgan fingerprint density at radius 3 is 2.91 bits per heavy atom. The highest BCUT2D eigenvalue weighted by Gasteiger charge is 2.13. The van der Waals surface area contributed by atoms with E-state index in [1.165, 1.54) is 11.5 Å². The van der Waals surface area contributed by atoms with Crippen molar-refractivity contribution in [3.05, 3.63) is 48.0 Å². The molecule has 8 heteroatoms.